The Morgan fingerprint density at radius 1 is 1.06 bits per heavy atom. The minimum Gasteiger partial charge on any atom is -0.480 e. The number of rotatable bonds is 10. The fraction of sp³-hybridized carbons (Fsp3) is 0.304. The van der Waals surface area contributed by atoms with Crippen LogP contribution in [0.25, 0.3) is 0 Å². The Kier molecular flexibility index (Phi) is 8.34. The summed E-state index contributed by atoms with van der Waals surface area (Å²) in [5.41, 5.74) is 11.8. The molecule has 0 aliphatic carbocycles. The number of aliphatic carboxylic acids is 1. The molecule has 0 saturated heterocycles. The van der Waals surface area contributed by atoms with Crippen molar-refractivity contribution in [1.82, 2.24) is 10.6 Å². The van der Waals surface area contributed by atoms with Crippen molar-refractivity contribution in [2.45, 2.75) is 32.7 Å². The molecule has 7 N–H and O–H groups in total. The standard InChI is InChI=1S/C23H29N5O4/c1-23(2,14-26-20(30)16-9-6-10-17(12-16)27-22(24)25)13-19(29)28-18(21(31)32)11-15-7-4-3-5-8-15/h3-10,12,18H,11,13-14H2,1-2H3,(H,26,30)(H,28,29)(H,31,32)(H4,24,25,27)/t18-/m0/s1. The number of guanidine groups is 1. The molecule has 0 spiro atoms. The molecule has 170 valence electrons. The summed E-state index contributed by atoms with van der Waals surface area (Å²) in [7, 11) is 0. The number of nitrogens with zero attached hydrogens (tertiary/aromatic N) is 1. The Hall–Kier alpha value is -3.88. The first-order valence-corrected chi connectivity index (χ1v) is 10.1. The molecule has 0 radical (unpaired) electrons. The number of hydrogen-bond donors (Lipinski definition) is 5. The normalized spacial score (nSPS) is 11.8. The van der Waals surface area contributed by atoms with Crippen molar-refractivity contribution in [3.8, 4) is 0 Å². The van der Waals surface area contributed by atoms with Crippen molar-refractivity contribution in [2.75, 3.05) is 6.54 Å². The lowest BCUT2D eigenvalue weighted by Crippen LogP contribution is -2.45. The predicted molar refractivity (Wildman–Crippen MR) is 122 cm³/mol. The van der Waals surface area contributed by atoms with E-state index in [1.807, 2.05) is 44.2 Å². The number of benzene rings is 2. The van der Waals surface area contributed by atoms with E-state index >= 15 is 0 Å². The molecule has 0 aliphatic heterocycles. The van der Waals surface area contributed by atoms with Crippen LogP contribution in [0.15, 0.2) is 59.6 Å². The second-order valence-corrected chi connectivity index (χ2v) is 8.26. The number of nitrogens with one attached hydrogen (secondary N) is 2. The number of amides is 2. The number of carbonyl (C=O) groups is 3. The summed E-state index contributed by atoms with van der Waals surface area (Å²) in [5.74, 6) is -1.95. The van der Waals surface area contributed by atoms with E-state index < -0.39 is 23.3 Å². The minimum absolute atomic E-state index is 0.0416. The van der Waals surface area contributed by atoms with Gasteiger partial charge in [-0.15, -0.1) is 0 Å². The number of nitrogens with two attached hydrogens (primary N) is 2. The van der Waals surface area contributed by atoms with Gasteiger partial charge in [-0.2, -0.15) is 0 Å². The molecule has 0 aromatic heterocycles. The van der Waals surface area contributed by atoms with Gasteiger partial charge in [0.1, 0.15) is 6.04 Å². The maximum absolute atomic E-state index is 12.5. The Bertz CT molecular complexity index is 985. The van der Waals surface area contributed by atoms with Gasteiger partial charge in [-0.1, -0.05) is 50.2 Å². The van der Waals surface area contributed by atoms with Gasteiger partial charge in [-0.25, -0.2) is 9.79 Å². The zero-order valence-electron chi connectivity index (χ0n) is 18.2. The van der Waals surface area contributed by atoms with Gasteiger partial charge in [0.15, 0.2) is 5.96 Å². The quantitative estimate of drug-likeness (QED) is 0.279. The molecule has 2 rings (SSSR count). The van der Waals surface area contributed by atoms with E-state index in [2.05, 4.69) is 15.6 Å². The van der Waals surface area contributed by atoms with Gasteiger partial charge in [0, 0.05) is 24.9 Å². The van der Waals surface area contributed by atoms with Gasteiger partial charge in [-0.05, 0) is 29.2 Å². The molecule has 32 heavy (non-hydrogen) atoms. The molecular weight excluding hydrogens is 410 g/mol. The molecule has 0 unspecified atom stereocenters. The number of carbonyl (C=O) groups excluding carboxylic acids is 2. The van der Waals surface area contributed by atoms with E-state index in [1.165, 1.54) is 0 Å². The van der Waals surface area contributed by atoms with Gasteiger partial charge in [0.25, 0.3) is 5.91 Å². The molecule has 2 aromatic rings. The largest absolute Gasteiger partial charge is 0.480 e. The van der Waals surface area contributed by atoms with Crippen molar-refractivity contribution in [1.29, 1.82) is 0 Å². The van der Waals surface area contributed by atoms with Crippen LogP contribution in [0, 0.1) is 5.41 Å². The summed E-state index contributed by atoms with van der Waals surface area (Å²) in [5, 5.41) is 14.8. The Balaban J connectivity index is 1.92. The Labute approximate surface area is 186 Å². The Morgan fingerprint density at radius 2 is 1.75 bits per heavy atom. The second kappa shape index (κ2) is 10.9. The topological polar surface area (TPSA) is 160 Å². The molecule has 0 fully saturated rings. The van der Waals surface area contributed by atoms with E-state index in [4.69, 9.17) is 11.5 Å². The summed E-state index contributed by atoms with van der Waals surface area (Å²) in [4.78, 5) is 40.5. The maximum Gasteiger partial charge on any atom is 0.326 e. The highest BCUT2D eigenvalue weighted by molar-refractivity contribution is 5.95. The average molecular weight is 440 g/mol. The van der Waals surface area contributed by atoms with Gasteiger partial charge < -0.3 is 27.2 Å². The third-order valence-corrected chi connectivity index (χ3v) is 4.65. The summed E-state index contributed by atoms with van der Waals surface area (Å²) in [6, 6.07) is 14.6. The van der Waals surface area contributed by atoms with E-state index in [1.54, 1.807) is 24.3 Å². The van der Waals surface area contributed by atoms with E-state index in [0.717, 1.165) is 5.56 Å². The average Bonchev–Trinajstić information content (AvgIpc) is 2.71. The lowest BCUT2D eigenvalue weighted by atomic mass is 9.88. The van der Waals surface area contributed by atoms with Crippen LogP contribution in [0.4, 0.5) is 5.69 Å². The fourth-order valence-corrected chi connectivity index (χ4v) is 3.08. The van der Waals surface area contributed by atoms with Crippen LogP contribution in [-0.4, -0.2) is 41.4 Å². The van der Waals surface area contributed by atoms with Crippen molar-refractivity contribution in [2.24, 2.45) is 21.9 Å². The van der Waals surface area contributed by atoms with Gasteiger partial charge in [0.05, 0.1) is 5.69 Å². The summed E-state index contributed by atoms with van der Waals surface area (Å²) in [6.07, 6.45) is 0.227. The van der Waals surface area contributed by atoms with E-state index in [9.17, 15) is 19.5 Å². The fourth-order valence-electron chi connectivity index (χ4n) is 3.08. The highest BCUT2D eigenvalue weighted by Crippen LogP contribution is 2.20. The molecule has 2 aromatic carbocycles. The predicted octanol–water partition coefficient (Wildman–Crippen LogP) is 1.55. The number of carboxylic acid groups (broad SMARTS) is 1. The highest BCUT2D eigenvalue weighted by Gasteiger charge is 2.26. The van der Waals surface area contributed by atoms with Crippen LogP contribution in [0.2, 0.25) is 0 Å². The zero-order valence-corrected chi connectivity index (χ0v) is 18.2. The molecule has 9 heteroatoms. The summed E-state index contributed by atoms with van der Waals surface area (Å²) >= 11 is 0. The molecule has 0 heterocycles. The Morgan fingerprint density at radius 3 is 2.38 bits per heavy atom. The number of aliphatic imine (C=N–C) groups is 1. The van der Waals surface area contributed by atoms with Crippen LogP contribution in [0.5, 0.6) is 0 Å². The number of carboxylic acids is 1. The smallest absolute Gasteiger partial charge is 0.326 e. The van der Waals surface area contributed by atoms with Crippen LogP contribution in [0.1, 0.15) is 36.2 Å². The molecule has 0 aliphatic rings. The summed E-state index contributed by atoms with van der Waals surface area (Å²) < 4.78 is 0. The van der Waals surface area contributed by atoms with Crippen LogP contribution in [-0.2, 0) is 16.0 Å². The van der Waals surface area contributed by atoms with Crippen LogP contribution < -0.4 is 22.1 Å². The SMILES string of the molecule is CC(C)(CNC(=O)c1cccc(N=C(N)N)c1)CC(=O)N[C@@H](Cc1ccccc1)C(=O)O. The van der Waals surface area contributed by atoms with Crippen LogP contribution >= 0.6 is 0 Å². The van der Waals surface area contributed by atoms with Crippen molar-refractivity contribution >= 4 is 29.4 Å². The molecular formula is C23H29N5O4. The van der Waals surface area contributed by atoms with Gasteiger partial charge >= 0.3 is 5.97 Å². The van der Waals surface area contributed by atoms with Crippen LogP contribution in [0.3, 0.4) is 0 Å². The molecule has 0 saturated carbocycles. The highest BCUT2D eigenvalue weighted by atomic mass is 16.4. The first-order chi connectivity index (χ1) is 15.1. The van der Waals surface area contributed by atoms with Gasteiger partial charge in [0.2, 0.25) is 5.91 Å². The third kappa shape index (κ3) is 8.10. The first kappa shape index (κ1) is 24.4. The van der Waals surface area contributed by atoms with E-state index in [0.29, 0.717) is 11.3 Å². The van der Waals surface area contributed by atoms with Crippen molar-refractivity contribution in [3.63, 3.8) is 0 Å². The zero-order chi connectivity index (χ0) is 23.7. The molecule has 0 bridgehead atoms. The molecule has 1 atom stereocenters. The van der Waals surface area contributed by atoms with Gasteiger partial charge in [-0.3, -0.25) is 9.59 Å². The molecule has 2 amide bonds. The van der Waals surface area contributed by atoms with Crippen molar-refractivity contribution < 1.29 is 19.5 Å². The lowest BCUT2D eigenvalue weighted by Gasteiger charge is -2.25. The second-order valence-electron chi connectivity index (χ2n) is 8.26. The monoisotopic (exact) mass is 439 g/mol. The first-order valence-electron chi connectivity index (χ1n) is 10.1. The third-order valence-electron chi connectivity index (χ3n) is 4.65. The van der Waals surface area contributed by atoms with Crippen molar-refractivity contribution in [3.05, 3.63) is 65.7 Å². The minimum atomic E-state index is -1.10. The van der Waals surface area contributed by atoms with E-state index in [-0.39, 0.29) is 31.3 Å². The molecule has 9 nitrogen and oxygen atoms in total. The lowest BCUT2D eigenvalue weighted by molar-refractivity contribution is -0.142. The maximum atomic E-state index is 12.5. The summed E-state index contributed by atoms with van der Waals surface area (Å²) in [6.45, 7) is 3.84. The number of hydrogen-bond acceptors (Lipinski definition) is 4.